The van der Waals surface area contributed by atoms with Crippen LogP contribution < -0.4 is 14.2 Å². The average Bonchev–Trinajstić information content (AvgIpc) is 2.54. The Morgan fingerprint density at radius 1 is 1.14 bits per heavy atom. The van der Waals surface area contributed by atoms with Crippen molar-refractivity contribution < 1.29 is 24.1 Å². The minimum atomic E-state index is -0.376. The van der Waals surface area contributed by atoms with Gasteiger partial charge in [-0.15, -0.1) is 0 Å². The molecule has 2 aromatic carbocycles. The number of ketones is 1. The van der Waals surface area contributed by atoms with Gasteiger partial charge in [0.1, 0.15) is 17.4 Å². The van der Waals surface area contributed by atoms with Crippen molar-refractivity contribution in [2.75, 3.05) is 14.2 Å². The van der Waals surface area contributed by atoms with Crippen molar-refractivity contribution in [1.82, 2.24) is 0 Å². The number of benzene rings is 2. The second-order valence-corrected chi connectivity index (χ2v) is 4.98. The summed E-state index contributed by atoms with van der Waals surface area (Å²) in [4.78, 5) is 12.5. The summed E-state index contributed by atoms with van der Waals surface area (Å²) in [6.45, 7) is 0. The molecule has 2 aromatic rings. The first kappa shape index (κ1) is 14.3. The molecule has 3 rings (SSSR count). The first-order valence-corrected chi connectivity index (χ1v) is 6.88. The molecule has 22 heavy (non-hydrogen) atoms. The number of ether oxygens (including phenoxy) is 3. The summed E-state index contributed by atoms with van der Waals surface area (Å²) in [5, 5.41) is 10.0. The molecule has 0 spiro atoms. The molecule has 1 heterocycles. The Kier molecular flexibility index (Phi) is 3.63. The van der Waals surface area contributed by atoms with Gasteiger partial charge in [-0.3, -0.25) is 4.79 Å². The normalized spacial score (nSPS) is 16.6. The van der Waals surface area contributed by atoms with E-state index in [1.165, 1.54) is 20.3 Å². The second kappa shape index (κ2) is 5.60. The Morgan fingerprint density at radius 2 is 1.82 bits per heavy atom. The van der Waals surface area contributed by atoms with Crippen molar-refractivity contribution in [3.8, 4) is 23.0 Å². The van der Waals surface area contributed by atoms with Crippen LogP contribution >= 0.6 is 0 Å². The quantitative estimate of drug-likeness (QED) is 0.943. The Morgan fingerprint density at radius 3 is 2.45 bits per heavy atom. The van der Waals surface area contributed by atoms with Gasteiger partial charge in [0.05, 0.1) is 20.6 Å². The fourth-order valence-corrected chi connectivity index (χ4v) is 2.67. The van der Waals surface area contributed by atoms with Crippen molar-refractivity contribution in [3.05, 3.63) is 47.5 Å². The number of aromatic hydroxyl groups is 1. The topological polar surface area (TPSA) is 65.0 Å². The number of hydrogen-bond acceptors (Lipinski definition) is 5. The lowest BCUT2D eigenvalue weighted by atomic mass is 9.95. The molecule has 5 heteroatoms. The van der Waals surface area contributed by atoms with E-state index in [0.29, 0.717) is 11.3 Å². The van der Waals surface area contributed by atoms with E-state index in [-0.39, 0.29) is 35.6 Å². The maximum atomic E-state index is 12.5. The molecule has 0 bridgehead atoms. The zero-order chi connectivity index (χ0) is 15.7. The molecule has 1 N–H and O–H groups in total. The van der Waals surface area contributed by atoms with E-state index < -0.39 is 0 Å². The summed E-state index contributed by atoms with van der Waals surface area (Å²) in [6, 6.07) is 10.9. The molecule has 114 valence electrons. The van der Waals surface area contributed by atoms with Crippen molar-refractivity contribution in [1.29, 1.82) is 0 Å². The van der Waals surface area contributed by atoms with Crippen molar-refractivity contribution in [3.63, 3.8) is 0 Å². The van der Waals surface area contributed by atoms with Crippen LogP contribution in [0.3, 0.4) is 0 Å². The molecule has 0 amide bonds. The van der Waals surface area contributed by atoms with Crippen LogP contribution in [0.1, 0.15) is 28.4 Å². The molecule has 0 aromatic heterocycles. The number of phenolic OH excluding ortho intramolecular Hbond substituents is 1. The third-order valence-electron chi connectivity index (χ3n) is 3.68. The highest BCUT2D eigenvalue weighted by molar-refractivity contribution is 6.04. The molecule has 0 aliphatic carbocycles. The number of carbonyl (C=O) groups excluding carboxylic acids is 1. The van der Waals surface area contributed by atoms with Crippen molar-refractivity contribution in [2.45, 2.75) is 12.5 Å². The number of rotatable bonds is 3. The molecule has 5 nitrogen and oxygen atoms in total. The number of fused-ring (bicyclic) bond motifs is 1. The Balaban J connectivity index is 2.08. The van der Waals surface area contributed by atoms with Gasteiger partial charge in [-0.25, -0.2) is 0 Å². The molecule has 0 fully saturated rings. The van der Waals surface area contributed by atoms with Crippen LogP contribution in [0.5, 0.6) is 23.0 Å². The Labute approximate surface area is 128 Å². The summed E-state index contributed by atoms with van der Waals surface area (Å²) in [6.07, 6.45) is -0.167. The molecule has 0 saturated carbocycles. The van der Waals surface area contributed by atoms with Gasteiger partial charge in [0, 0.05) is 6.07 Å². The number of carbonyl (C=O) groups is 1. The highest BCUT2D eigenvalue weighted by Crippen LogP contribution is 2.48. The SMILES string of the molecule is COc1c(O)cc2c(c1OC)C(=O)CC(c1ccccc1)O2. The van der Waals surface area contributed by atoms with Crippen LogP contribution in [0.4, 0.5) is 0 Å². The monoisotopic (exact) mass is 300 g/mol. The van der Waals surface area contributed by atoms with Crippen LogP contribution in [-0.2, 0) is 0 Å². The van der Waals surface area contributed by atoms with Crippen LogP contribution in [0, 0.1) is 0 Å². The van der Waals surface area contributed by atoms with E-state index in [1.807, 2.05) is 30.3 Å². The fraction of sp³-hybridized carbons (Fsp3) is 0.235. The number of hydrogen-bond donors (Lipinski definition) is 1. The predicted molar refractivity (Wildman–Crippen MR) is 80.0 cm³/mol. The van der Waals surface area contributed by atoms with Gasteiger partial charge >= 0.3 is 0 Å². The molecule has 1 aliphatic rings. The zero-order valence-electron chi connectivity index (χ0n) is 12.3. The van der Waals surface area contributed by atoms with Crippen molar-refractivity contribution in [2.24, 2.45) is 0 Å². The summed E-state index contributed by atoms with van der Waals surface area (Å²) >= 11 is 0. The Bertz CT molecular complexity index is 709. The predicted octanol–water partition coefficient (Wildman–Crippen LogP) is 3.12. The molecule has 1 atom stereocenters. The third-order valence-corrected chi connectivity index (χ3v) is 3.68. The standard InChI is InChI=1S/C17H16O5/c1-20-16-12(19)9-14-15(17(16)21-2)11(18)8-13(22-14)10-6-4-3-5-7-10/h3-7,9,13,19H,8H2,1-2H3. The van der Waals surface area contributed by atoms with Crippen LogP contribution in [0.2, 0.25) is 0 Å². The molecular weight excluding hydrogens is 284 g/mol. The van der Waals surface area contributed by atoms with Crippen molar-refractivity contribution >= 4 is 5.78 Å². The minimum absolute atomic E-state index is 0.106. The van der Waals surface area contributed by atoms with Gasteiger partial charge in [0.25, 0.3) is 0 Å². The highest BCUT2D eigenvalue weighted by atomic mass is 16.5. The van der Waals surface area contributed by atoms with Gasteiger partial charge in [-0.1, -0.05) is 30.3 Å². The Hall–Kier alpha value is -2.69. The maximum absolute atomic E-state index is 12.5. The fourth-order valence-electron chi connectivity index (χ4n) is 2.67. The lowest BCUT2D eigenvalue weighted by Crippen LogP contribution is -2.21. The van der Waals surface area contributed by atoms with E-state index in [2.05, 4.69) is 0 Å². The van der Waals surface area contributed by atoms with Gasteiger partial charge in [-0.05, 0) is 5.56 Å². The second-order valence-electron chi connectivity index (χ2n) is 4.98. The molecule has 0 radical (unpaired) electrons. The largest absolute Gasteiger partial charge is 0.504 e. The average molecular weight is 300 g/mol. The lowest BCUT2D eigenvalue weighted by Gasteiger charge is -2.27. The summed E-state index contributed by atoms with van der Waals surface area (Å²) in [7, 11) is 2.83. The molecule has 1 aliphatic heterocycles. The smallest absolute Gasteiger partial charge is 0.204 e. The van der Waals surface area contributed by atoms with E-state index in [9.17, 15) is 9.90 Å². The summed E-state index contributed by atoms with van der Waals surface area (Å²) in [5.74, 6) is 0.412. The van der Waals surface area contributed by atoms with E-state index >= 15 is 0 Å². The summed E-state index contributed by atoms with van der Waals surface area (Å²) < 4.78 is 16.2. The number of Topliss-reactive ketones (excluding diaryl/α,β-unsaturated/α-hetero) is 1. The van der Waals surface area contributed by atoms with Gasteiger partial charge in [0.2, 0.25) is 5.75 Å². The lowest BCUT2D eigenvalue weighted by molar-refractivity contribution is 0.0842. The van der Waals surface area contributed by atoms with Crippen LogP contribution in [0.25, 0.3) is 0 Å². The first-order chi connectivity index (χ1) is 10.7. The summed E-state index contributed by atoms with van der Waals surface area (Å²) in [5.41, 5.74) is 1.22. The zero-order valence-corrected chi connectivity index (χ0v) is 12.3. The van der Waals surface area contributed by atoms with Crippen LogP contribution in [0.15, 0.2) is 36.4 Å². The molecule has 1 unspecified atom stereocenters. The molecular formula is C17H16O5. The van der Waals surface area contributed by atoms with Crippen LogP contribution in [-0.4, -0.2) is 25.1 Å². The van der Waals surface area contributed by atoms with E-state index in [0.717, 1.165) is 5.56 Å². The minimum Gasteiger partial charge on any atom is -0.504 e. The molecule has 0 saturated heterocycles. The van der Waals surface area contributed by atoms with Gasteiger partial charge in [0.15, 0.2) is 17.3 Å². The van der Waals surface area contributed by atoms with Gasteiger partial charge in [-0.2, -0.15) is 0 Å². The van der Waals surface area contributed by atoms with E-state index in [1.54, 1.807) is 0 Å². The number of phenols is 1. The maximum Gasteiger partial charge on any atom is 0.204 e. The highest BCUT2D eigenvalue weighted by Gasteiger charge is 2.33. The van der Waals surface area contributed by atoms with E-state index in [4.69, 9.17) is 14.2 Å². The van der Waals surface area contributed by atoms with Gasteiger partial charge < -0.3 is 19.3 Å². The third kappa shape index (κ3) is 2.24. The first-order valence-electron chi connectivity index (χ1n) is 6.88. The number of methoxy groups -OCH3 is 2.